The van der Waals surface area contributed by atoms with E-state index in [1.807, 2.05) is 0 Å². The van der Waals surface area contributed by atoms with E-state index in [0.717, 1.165) is 19.0 Å². The van der Waals surface area contributed by atoms with Crippen LogP contribution in [-0.2, 0) is 0 Å². The highest BCUT2D eigenvalue weighted by molar-refractivity contribution is 5.81. The van der Waals surface area contributed by atoms with Gasteiger partial charge in [-0.1, -0.05) is 19.8 Å². The van der Waals surface area contributed by atoms with E-state index in [1.54, 1.807) is 0 Å². The summed E-state index contributed by atoms with van der Waals surface area (Å²) in [6.45, 7) is 4.28. The summed E-state index contributed by atoms with van der Waals surface area (Å²) in [6, 6.07) is 0. The average Bonchev–Trinajstić information content (AvgIpc) is 2.95. The zero-order valence-electron chi connectivity index (χ0n) is 11.7. The molecule has 2 saturated carbocycles. The van der Waals surface area contributed by atoms with Gasteiger partial charge >= 0.3 is 0 Å². The van der Waals surface area contributed by atoms with Crippen LogP contribution >= 0.6 is 0 Å². The third-order valence-corrected chi connectivity index (χ3v) is 5.74. The molecule has 2 N–H and O–H groups in total. The SMILES string of the molecule is CCCN1C(N)=NCC12CCC1(CCCC1)CC2. The molecule has 3 heteroatoms. The molecule has 18 heavy (non-hydrogen) atoms. The molecule has 3 aliphatic rings. The number of hydrogen-bond donors (Lipinski definition) is 1. The molecular formula is C15H27N3. The van der Waals surface area contributed by atoms with Crippen LogP contribution in [-0.4, -0.2) is 29.5 Å². The van der Waals surface area contributed by atoms with Crippen molar-refractivity contribution >= 4 is 5.96 Å². The van der Waals surface area contributed by atoms with Crippen molar-refractivity contribution in [1.82, 2.24) is 4.90 Å². The molecule has 3 rings (SSSR count). The second kappa shape index (κ2) is 4.43. The molecule has 2 spiro atoms. The predicted molar refractivity (Wildman–Crippen MR) is 75.6 cm³/mol. The highest BCUT2D eigenvalue weighted by Gasteiger charge is 2.48. The monoisotopic (exact) mass is 249 g/mol. The molecule has 0 amide bonds. The number of hydrogen-bond acceptors (Lipinski definition) is 3. The highest BCUT2D eigenvalue weighted by atomic mass is 15.4. The molecule has 0 saturated heterocycles. The summed E-state index contributed by atoms with van der Waals surface area (Å²) in [5, 5.41) is 0. The Balaban J connectivity index is 1.70. The van der Waals surface area contributed by atoms with Crippen LogP contribution in [0.2, 0.25) is 0 Å². The summed E-state index contributed by atoms with van der Waals surface area (Å²) in [6.07, 6.45) is 12.5. The molecule has 102 valence electrons. The van der Waals surface area contributed by atoms with E-state index in [2.05, 4.69) is 16.8 Å². The molecule has 0 aromatic rings. The third-order valence-electron chi connectivity index (χ3n) is 5.74. The molecule has 2 aliphatic carbocycles. The molecule has 1 aliphatic heterocycles. The number of aliphatic imine (C=N–C) groups is 1. The van der Waals surface area contributed by atoms with E-state index >= 15 is 0 Å². The first-order valence-corrected chi connectivity index (χ1v) is 7.77. The topological polar surface area (TPSA) is 41.6 Å². The summed E-state index contributed by atoms with van der Waals surface area (Å²) in [7, 11) is 0. The van der Waals surface area contributed by atoms with Gasteiger partial charge in [0.2, 0.25) is 0 Å². The number of nitrogens with two attached hydrogens (primary N) is 1. The minimum atomic E-state index is 0.300. The van der Waals surface area contributed by atoms with Crippen LogP contribution in [0.15, 0.2) is 4.99 Å². The zero-order chi connectivity index (χ0) is 12.6. The molecule has 2 fully saturated rings. The van der Waals surface area contributed by atoms with Gasteiger partial charge in [0, 0.05) is 6.54 Å². The Hall–Kier alpha value is -0.730. The van der Waals surface area contributed by atoms with E-state index in [9.17, 15) is 0 Å². The minimum absolute atomic E-state index is 0.300. The van der Waals surface area contributed by atoms with Gasteiger partial charge in [-0.15, -0.1) is 0 Å². The fraction of sp³-hybridized carbons (Fsp3) is 0.933. The number of guanidine groups is 1. The summed E-state index contributed by atoms with van der Waals surface area (Å²) in [5.41, 5.74) is 7.10. The molecule has 0 atom stereocenters. The summed E-state index contributed by atoms with van der Waals surface area (Å²) < 4.78 is 0. The van der Waals surface area contributed by atoms with E-state index in [1.165, 1.54) is 57.8 Å². The smallest absolute Gasteiger partial charge is 0.191 e. The van der Waals surface area contributed by atoms with Crippen molar-refractivity contribution in [2.45, 2.75) is 70.3 Å². The van der Waals surface area contributed by atoms with Crippen LogP contribution in [0.1, 0.15) is 64.7 Å². The van der Waals surface area contributed by atoms with Gasteiger partial charge in [-0.05, 0) is 50.4 Å². The molecule has 0 bridgehead atoms. The van der Waals surface area contributed by atoms with Crippen LogP contribution in [0.25, 0.3) is 0 Å². The summed E-state index contributed by atoms with van der Waals surface area (Å²) in [5.74, 6) is 0.805. The maximum absolute atomic E-state index is 6.09. The van der Waals surface area contributed by atoms with Gasteiger partial charge in [-0.2, -0.15) is 0 Å². The second-order valence-corrected chi connectivity index (χ2v) is 6.76. The fourth-order valence-electron chi connectivity index (χ4n) is 4.52. The Kier molecular flexibility index (Phi) is 3.03. The lowest BCUT2D eigenvalue weighted by Crippen LogP contribution is -2.54. The van der Waals surface area contributed by atoms with Gasteiger partial charge in [-0.3, -0.25) is 4.99 Å². The summed E-state index contributed by atoms with van der Waals surface area (Å²) >= 11 is 0. The molecular weight excluding hydrogens is 222 g/mol. The number of nitrogens with zero attached hydrogens (tertiary/aromatic N) is 2. The largest absolute Gasteiger partial charge is 0.370 e. The van der Waals surface area contributed by atoms with E-state index < -0.39 is 0 Å². The zero-order valence-corrected chi connectivity index (χ0v) is 11.7. The Morgan fingerprint density at radius 3 is 2.39 bits per heavy atom. The van der Waals surface area contributed by atoms with Crippen molar-refractivity contribution in [3.63, 3.8) is 0 Å². The molecule has 1 heterocycles. The van der Waals surface area contributed by atoms with Crippen LogP contribution in [0.4, 0.5) is 0 Å². The predicted octanol–water partition coefficient (Wildman–Crippen LogP) is 2.90. The van der Waals surface area contributed by atoms with E-state index in [-0.39, 0.29) is 0 Å². The average molecular weight is 249 g/mol. The summed E-state index contributed by atoms with van der Waals surface area (Å²) in [4.78, 5) is 6.97. The fourth-order valence-corrected chi connectivity index (χ4v) is 4.52. The number of rotatable bonds is 2. The Bertz CT molecular complexity index is 332. The Morgan fingerprint density at radius 2 is 1.78 bits per heavy atom. The second-order valence-electron chi connectivity index (χ2n) is 6.76. The van der Waals surface area contributed by atoms with Crippen molar-refractivity contribution in [3.8, 4) is 0 Å². The van der Waals surface area contributed by atoms with Gasteiger partial charge < -0.3 is 10.6 Å². The first kappa shape index (κ1) is 12.3. The minimum Gasteiger partial charge on any atom is -0.370 e. The maximum atomic E-state index is 6.09. The molecule has 0 unspecified atom stereocenters. The van der Waals surface area contributed by atoms with Gasteiger partial charge in [0.25, 0.3) is 0 Å². The van der Waals surface area contributed by atoms with E-state index in [4.69, 9.17) is 5.73 Å². The maximum Gasteiger partial charge on any atom is 0.191 e. The van der Waals surface area contributed by atoms with Gasteiger partial charge in [-0.25, -0.2) is 0 Å². The highest BCUT2D eigenvalue weighted by Crippen LogP contribution is 2.53. The van der Waals surface area contributed by atoms with Gasteiger partial charge in [0.05, 0.1) is 12.1 Å². The van der Waals surface area contributed by atoms with Gasteiger partial charge in [0.15, 0.2) is 5.96 Å². The van der Waals surface area contributed by atoms with Crippen molar-refractivity contribution in [2.75, 3.05) is 13.1 Å². The molecule has 0 radical (unpaired) electrons. The standard InChI is InChI=1S/C15H27N3/c1-2-11-18-13(16)17-12-15(18)9-7-14(8-10-15)5-3-4-6-14/h2-12H2,1H3,(H2,16,17). The lowest BCUT2D eigenvalue weighted by Gasteiger charge is -2.48. The lowest BCUT2D eigenvalue weighted by molar-refractivity contribution is 0.0671. The molecule has 0 aromatic heterocycles. The quantitative estimate of drug-likeness (QED) is 0.817. The van der Waals surface area contributed by atoms with Crippen molar-refractivity contribution in [1.29, 1.82) is 0 Å². The van der Waals surface area contributed by atoms with Gasteiger partial charge in [0.1, 0.15) is 0 Å². The normalized spacial score (nSPS) is 29.2. The first-order chi connectivity index (χ1) is 8.70. The molecule has 0 aromatic carbocycles. The van der Waals surface area contributed by atoms with Crippen LogP contribution in [0.3, 0.4) is 0 Å². The van der Waals surface area contributed by atoms with E-state index in [0.29, 0.717) is 11.0 Å². The van der Waals surface area contributed by atoms with Crippen LogP contribution in [0, 0.1) is 5.41 Å². The first-order valence-electron chi connectivity index (χ1n) is 7.77. The van der Waals surface area contributed by atoms with Crippen molar-refractivity contribution < 1.29 is 0 Å². The lowest BCUT2D eigenvalue weighted by atomic mass is 9.66. The third kappa shape index (κ3) is 1.83. The van der Waals surface area contributed by atoms with Crippen LogP contribution < -0.4 is 5.73 Å². The molecule has 3 nitrogen and oxygen atoms in total. The van der Waals surface area contributed by atoms with Crippen molar-refractivity contribution in [2.24, 2.45) is 16.1 Å². The van der Waals surface area contributed by atoms with Crippen molar-refractivity contribution in [3.05, 3.63) is 0 Å². The Morgan fingerprint density at radius 1 is 1.11 bits per heavy atom. The Labute approximate surface area is 111 Å². The van der Waals surface area contributed by atoms with Crippen LogP contribution in [0.5, 0.6) is 0 Å².